The molecule has 0 radical (unpaired) electrons. The fraction of sp³-hybridized carbons (Fsp3) is 0.562. The molecule has 0 aromatic heterocycles. The van der Waals surface area contributed by atoms with Crippen LogP contribution in [0.25, 0.3) is 0 Å². The van der Waals surface area contributed by atoms with E-state index in [-0.39, 0.29) is 18.5 Å². The van der Waals surface area contributed by atoms with E-state index in [1.54, 1.807) is 0 Å². The summed E-state index contributed by atoms with van der Waals surface area (Å²) in [5, 5.41) is 9.02. The number of hydrogen-bond acceptors (Lipinski definition) is 4. The van der Waals surface area contributed by atoms with Gasteiger partial charge in [-0.1, -0.05) is 0 Å². The van der Waals surface area contributed by atoms with Crippen LogP contribution < -0.4 is 0 Å². The van der Waals surface area contributed by atoms with E-state index in [9.17, 15) is 4.39 Å². The average molecular weight is 291 g/mol. The molecule has 0 amide bonds. The second kappa shape index (κ2) is 6.10. The minimum Gasteiger partial charge on any atom is -0.373 e. The van der Waals surface area contributed by atoms with Crippen molar-refractivity contribution in [2.24, 2.45) is 0 Å². The van der Waals surface area contributed by atoms with Crippen LogP contribution in [-0.4, -0.2) is 25.1 Å². The van der Waals surface area contributed by atoms with E-state index in [4.69, 9.17) is 19.5 Å². The molecule has 1 heterocycles. The Hall–Kier alpha value is -1.48. The third-order valence-corrected chi connectivity index (χ3v) is 4.17. The predicted octanol–water partition coefficient (Wildman–Crippen LogP) is 2.90. The number of halogens is 1. The molecule has 1 saturated carbocycles. The van der Waals surface area contributed by atoms with E-state index in [2.05, 4.69) is 6.07 Å². The molecule has 1 saturated heterocycles. The summed E-state index contributed by atoms with van der Waals surface area (Å²) in [5.74, 6) is -0.737. The molecule has 0 N–H and O–H groups in total. The smallest absolute Gasteiger partial charge is 0.168 e. The minimum absolute atomic E-state index is 0.109. The molecule has 21 heavy (non-hydrogen) atoms. The van der Waals surface area contributed by atoms with Gasteiger partial charge in [-0.2, -0.15) is 5.26 Å². The number of nitrogens with zero attached hydrogens (tertiary/aromatic N) is 1. The third-order valence-electron chi connectivity index (χ3n) is 4.17. The Morgan fingerprint density at radius 3 is 2.67 bits per heavy atom. The molecule has 1 aromatic rings. The second-order valence-corrected chi connectivity index (χ2v) is 5.53. The zero-order valence-electron chi connectivity index (χ0n) is 11.8. The Morgan fingerprint density at radius 1 is 1.29 bits per heavy atom. The van der Waals surface area contributed by atoms with Crippen LogP contribution in [0.3, 0.4) is 0 Å². The van der Waals surface area contributed by atoms with Crippen LogP contribution in [0.4, 0.5) is 4.39 Å². The van der Waals surface area contributed by atoms with Gasteiger partial charge in [0.25, 0.3) is 0 Å². The lowest BCUT2D eigenvalue weighted by molar-refractivity contribution is -0.192. The number of hydrogen-bond donors (Lipinski definition) is 0. The summed E-state index contributed by atoms with van der Waals surface area (Å²) >= 11 is 0. The highest BCUT2D eigenvalue weighted by atomic mass is 19.1. The van der Waals surface area contributed by atoms with E-state index in [1.165, 1.54) is 18.2 Å². The third kappa shape index (κ3) is 3.24. The summed E-state index contributed by atoms with van der Waals surface area (Å²) < 4.78 is 30.4. The van der Waals surface area contributed by atoms with Crippen molar-refractivity contribution in [3.63, 3.8) is 0 Å². The maximum Gasteiger partial charge on any atom is 0.168 e. The first-order chi connectivity index (χ1) is 10.2. The SMILES string of the molecule is N#Cc1ccc(F)cc1COC1CCC2(CC1)OCCO2. The van der Waals surface area contributed by atoms with Gasteiger partial charge in [-0.05, 0) is 36.6 Å². The predicted molar refractivity (Wildman–Crippen MR) is 72.8 cm³/mol. The summed E-state index contributed by atoms with van der Waals surface area (Å²) in [7, 11) is 0. The lowest BCUT2D eigenvalue weighted by atomic mass is 9.92. The molecule has 1 aromatic carbocycles. The molecule has 5 heteroatoms. The van der Waals surface area contributed by atoms with Crippen LogP contribution in [-0.2, 0) is 20.8 Å². The largest absolute Gasteiger partial charge is 0.373 e. The van der Waals surface area contributed by atoms with Crippen LogP contribution in [0.2, 0.25) is 0 Å². The molecule has 1 aliphatic carbocycles. The molecular formula is C16H18FNO3. The number of rotatable bonds is 3. The van der Waals surface area contributed by atoms with Gasteiger partial charge in [0, 0.05) is 12.8 Å². The molecule has 0 unspecified atom stereocenters. The van der Waals surface area contributed by atoms with Crippen molar-refractivity contribution in [2.75, 3.05) is 13.2 Å². The van der Waals surface area contributed by atoms with Gasteiger partial charge in [-0.3, -0.25) is 0 Å². The van der Waals surface area contributed by atoms with Crippen molar-refractivity contribution < 1.29 is 18.6 Å². The van der Waals surface area contributed by atoms with E-state index < -0.39 is 5.79 Å². The Kier molecular flexibility index (Phi) is 4.20. The van der Waals surface area contributed by atoms with Gasteiger partial charge in [-0.25, -0.2) is 4.39 Å². The molecule has 1 spiro atoms. The lowest BCUT2D eigenvalue weighted by Crippen LogP contribution is -2.37. The zero-order valence-corrected chi connectivity index (χ0v) is 11.8. The standard InChI is InChI=1S/C16H18FNO3/c17-14-2-1-12(10-18)13(9-14)11-19-15-3-5-16(6-4-15)20-7-8-21-16/h1-2,9,15H,3-8,11H2. The van der Waals surface area contributed by atoms with Crippen LogP contribution in [0.15, 0.2) is 18.2 Å². The Bertz CT molecular complexity index is 539. The lowest BCUT2D eigenvalue weighted by Gasteiger charge is -2.35. The highest BCUT2D eigenvalue weighted by Gasteiger charge is 2.40. The quantitative estimate of drug-likeness (QED) is 0.859. The molecule has 112 valence electrons. The van der Waals surface area contributed by atoms with Gasteiger partial charge in [-0.15, -0.1) is 0 Å². The van der Waals surface area contributed by atoms with Gasteiger partial charge in [0.05, 0.1) is 37.6 Å². The molecule has 0 atom stereocenters. The molecule has 3 rings (SSSR count). The van der Waals surface area contributed by atoms with Gasteiger partial charge < -0.3 is 14.2 Å². The van der Waals surface area contributed by atoms with Gasteiger partial charge in [0.15, 0.2) is 5.79 Å². The van der Waals surface area contributed by atoms with Crippen molar-refractivity contribution in [1.82, 2.24) is 0 Å². The highest BCUT2D eigenvalue weighted by Crippen LogP contribution is 2.36. The summed E-state index contributed by atoms with van der Waals surface area (Å²) in [6, 6.07) is 6.21. The van der Waals surface area contributed by atoms with Gasteiger partial charge in [0.2, 0.25) is 0 Å². The number of ether oxygens (including phenoxy) is 3. The van der Waals surface area contributed by atoms with Crippen molar-refractivity contribution >= 4 is 0 Å². The van der Waals surface area contributed by atoms with Crippen molar-refractivity contribution in [2.45, 2.75) is 44.2 Å². The molecule has 2 fully saturated rings. The average Bonchev–Trinajstić information content (AvgIpc) is 2.95. The van der Waals surface area contributed by atoms with Crippen LogP contribution in [0.5, 0.6) is 0 Å². The van der Waals surface area contributed by atoms with E-state index in [1.807, 2.05) is 0 Å². The van der Waals surface area contributed by atoms with Crippen molar-refractivity contribution in [3.8, 4) is 6.07 Å². The number of nitriles is 1. The number of benzene rings is 1. The molecule has 4 nitrogen and oxygen atoms in total. The molecule has 0 bridgehead atoms. The maximum atomic E-state index is 13.3. The van der Waals surface area contributed by atoms with Crippen LogP contribution >= 0.6 is 0 Å². The molecule has 2 aliphatic rings. The summed E-state index contributed by atoms with van der Waals surface area (Å²) in [6.07, 6.45) is 3.48. The fourth-order valence-corrected chi connectivity index (χ4v) is 2.98. The van der Waals surface area contributed by atoms with E-state index >= 15 is 0 Å². The summed E-state index contributed by atoms with van der Waals surface area (Å²) in [6.45, 7) is 1.60. The maximum absolute atomic E-state index is 13.3. The van der Waals surface area contributed by atoms with E-state index in [0.717, 1.165) is 25.7 Å². The first-order valence-corrected chi connectivity index (χ1v) is 7.29. The van der Waals surface area contributed by atoms with Crippen molar-refractivity contribution in [3.05, 3.63) is 35.1 Å². The Morgan fingerprint density at radius 2 is 2.00 bits per heavy atom. The zero-order chi connectivity index (χ0) is 14.7. The summed E-state index contributed by atoms with van der Waals surface area (Å²) in [5.41, 5.74) is 1.07. The van der Waals surface area contributed by atoms with Crippen LogP contribution in [0.1, 0.15) is 36.8 Å². The van der Waals surface area contributed by atoms with Crippen LogP contribution in [0, 0.1) is 17.1 Å². The monoisotopic (exact) mass is 291 g/mol. The second-order valence-electron chi connectivity index (χ2n) is 5.53. The van der Waals surface area contributed by atoms with E-state index in [0.29, 0.717) is 24.3 Å². The normalized spacial score (nSPS) is 21.5. The van der Waals surface area contributed by atoms with Gasteiger partial charge in [0.1, 0.15) is 5.82 Å². The minimum atomic E-state index is -0.392. The fourth-order valence-electron chi connectivity index (χ4n) is 2.98. The Balaban J connectivity index is 1.55. The first-order valence-electron chi connectivity index (χ1n) is 7.29. The highest BCUT2D eigenvalue weighted by molar-refractivity contribution is 5.37. The summed E-state index contributed by atoms with van der Waals surface area (Å²) in [4.78, 5) is 0. The molecular weight excluding hydrogens is 273 g/mol. The molecule has 1 aliphatic heterocycles. The first kappa shape index (κ1) is 14.5. The topological polar surface area (TPSA) is 51.5 Å². The van der Waals surface area contributed by atoms with Gasteiger partial charge >= 0.3 is 0 Å². The Labute approximate surface area is 123 Å². The van der Waals surface area contributed by atoms with Crippen molar-refractivity contribution in [1.29, 1.82) is 5.26 Å².